The summed E-state index contributed by atoms with van der Waals surface area (Å²) in [5, 5.41) is 1.04. The molecule has 0 N–H and O–H groups in total. The summed E-state index contributed by atoms with van der Waals surface area (Å²) in [5.41, 5.74) is 4.44. The molecule has 3 aromatic rings. The molecule has 0 saturated carbocycles. The second-order valence-corrected chi connectivity index (χ2v) is 9.09. The number of hydrogen-bond acceptors (Lipinski definition) is 4. The summed E-state index contributed by atoms with van der Waals surface area (Å²) < 4.78 is 0. The predicted octanol–water partition coefficient (Wildman–Crippen LogP) is 4.49. The minimum Gasteiger partial charge on any atom is -0.356 e. The summed E-state index contributed by atoms with van der Waals surface area (Å²) in [6.07, 6.45) is 3.33. The average molecular weight is 429 g/mol. The van der Waals surface area contributed by atoms with Crippen LogP contribution < -0.4 is 4.90 Å². The van der Waals surface area contributed by atoms with Gasteiger partial charge in [0.15, 0.2) is 0 Å². The van der Waals surface area contributed by atoms with Crippen molar-refractivity contribution in [3.8, 4) is 0 Å². The molecule has 0 radical (unpaired) electrons. The van der Waals surface area contributed by atoms with Crippen molar-refractivity contribution in [3.63, 3.8) is 0 Å². The molecule has 2 aliphatic rings. The fraction of sp³-hybridized carbons (Fsp3) is 0.407. The number of aromatic nitrogens is 1. The molecule has 2 aliphatic heterocycles. The van der Waals surface area contributed by atoms with Gasteiger partial charge >= 0.3 is 0 Å². The second kappa shape index (κ2) is 9.29. The van der Waals surface area contributed by atoms with Gasteiger partial charge in [0.1, 0.15) is 5.82 Å². The lowest BCUT2D eigenvalue weighted by atomic mass is 10.1. The molecule has 0 atom stereocenters. The number of carbonyl (C=O) groups is 1. The molecule has 1 amide bonds. The number of pyridine rings is 1. The highest BCUT2D eigenvalue weighted by Crippen LogP contribution is 2.28. The highest BCUT2D eigenvalue weighted by Gasteiger charge is 2.27. The molecule has 2 saturated heterocycles. The summed E-state index contributed by atoms with van der Waals surface area (Å²) >= 11 is 0. The van der Waals surface area contributed by atoms with Gasteiger partial charge in [0.05, 0.1) is 11.1 Å². The number of nitrogens with zero attached hydrogens (tertiary/aromatic N) is 4. The van der Waals surface area contributed by atoms with E-state index in [4.69, 9.17) is 4.98 Å². The van der Waals surface area contributed by atoms with Gasteiger partial charge in [0.2, 0.25) is 0 Å². The third-order valence-corrected chi connectivity index (χ3v) is 6.87. The van der Waals surface area contributed by atoms with E-state index in [-0.39, 0.29) is 5.91 Å². The predicted molar refractivity (Wildman–Crippen MR) is 130 cm³/mol. The Labute approximate surface area is 190 Å². The summed E-state index contributed by atoms with van der Waals surface area (Å²) in [7, 11) is 0. The van der Waals surface area contributed by atoms with E-state index in [1.54, 1.807) is 0 Å². The number of benzene rings is 2. The van der Waals surface area contributed by atoms with E-state index in [1.165, 1.54) is 24.0 Å². The van der Waals surface area contributed by atoms with Crippen LogP contribution in [0.2, 0.25) is 0 Å². The molecule has 0 unspecified atom stereocenters. The topological polar surface area (TPSA) is 39.7 Å². The van der Waals surface area contributed by atoms with Gasteiger partial charge in [-0.3, -0.25) is 9.69 Å². The molecule has 166 valence electrons. The number of carbonyl (C=O) groups excluding carboxylic acids is 1. The van der Waals surface area contributed by atoms with Crippen LogP contribution in [-0.4, -0.2) is 60.0 Å². The second-order valence-electron chi connectivity index (χ2n) is 9.09. The van der Waals surface area contributed by atoms with Crippen molar-refractivity contribution in [3.05, 3.63) is 71.3 Å². The van der Waals surface area contributed by atoms with E-state index in [0.717, 1.165) is 74.5 Å². The number of rotatable bonds is 4. The number of anilines is 1. The van der Waals surface area contributed by atoms with Crippen LogP contribution in [0.3, 0.4) is 0 Å². The summed E-state index contributed by atoms with van der Waals surface area (Å²) in [5.74, 6) is 0.995. The van der Waals surface area contributed by atoms with Gasteiger partial charge in [0.25, 0.3) is 5.91 Å². The van der Waals surface area contributed by atoms with E-state index in [9.17, 15) is 4.79 Å². The van der Waals surface area contributed by atoms with Crippen LogP contribution in [0.25, 0.3) is 10.9 Å². The number of fused-ring (bicyclic) bond motifs is 1. The summed E-state index contributed by atoms with van der Waals surface area (Å²) in [4.78, 5) is 25.5. The van der Waals surface area contributed by atoms with Crippen molar-refractivity contribution in [2.24, 2.45) is 0 Å². The van der Waals surface area contributed by atoms with E-state index >= 15 is 0 Å². The van der Waals surface area contributed by atoms with Crippen LogP contribution in [0, 0.1) is 6.92 Å². The molecule has 5 nitrogen and oxygen atoms in total. The molecule has 2 fully saturated rings. The van der Waals surface area contributed by atoms with Gasteiger partial charge < -0.3 is 9.80 Å². The largest absolute Gasteiger partial charge is 0.356 e. The van der Waals surface area contributed by atoms with Crippen LogP contribution in [0.15, 0.2) is 54.6 Å². The average Bonchev–Trinajstić information content (AvgIpc) is 3.26. The maximum atomic E-state index is 13.7. The van der Waals surface area contributed by atoms with Crippen molar-refractivity contribution < 1.29 is 4.79 Å². The quantitative estimate of drug-likeness (QED) is 0.614. The highest BCUT2D eigenvalue weighted by molar-refractivity contribution is 6.02. The monoisotopic (exact) mass is 428 g/mol. The third kappa shape index (κ3) is 4.35. The van der Waals surface area contributed by atoms with Gasteiger partial charge in [-0.15, -0.1) is 0 Å². The van der Waals surface area contributed by atoms with Crippen LogP contribution in [0.5, 0.6) is 0 Å². The molecule has 2 aromatic carbocycles. The van der Waals surface area contributed by atoms with E-state index in [1.807, 2.05) is 23.1 Å². The summed E-state index contributed by atoms with van der Waals surface area (Å²) in [6, 6.07) is 18.8. The Morgan fingerprint density at radius 1 is 0.875 bits per heavy atom. The lowest BCUT2D eigenvalue weighted by Gasteiger charge is -2.25. The zero-order valence-corrected chi connectivity index (χ0v) is 19.0. The Morgan fingerprint density at radius 3 is 2.50 bits per heavy atom. The smallest absolute Gasteiger partial charge is 0.257 e. The van der Waals surface area contributed by atoms with Crippen molar-refractivity contribution in [1.82, 2.24) is 14.8 Å². The molecular formula is C27H32N4O. The number of aryl methyl sites for hydroxylation is 1. The first-order chi connectivity index (χ1) is 15.7. The fourth-order valence-corrected chi connectivity index (χ4v) is 4.96. The first-order valence-corrected chi connectivity index (χ1v) is 11.9. The van der Waals surface area contributed by atoms with E-state index < -0.39 is 0 Å². The van der Waals surface area contributed by atoms with Crippen molar-refractivity contribution in [2.75, 3.05) is 44.2 Å². The SMILES string of the molecule is Cc1ccccc1CN1CCCN(C(=O)c2cc3ccccc3nc2N2CCCC2)CC1. The number of para-hydroxylation sites is 1. The zero-order valence-electron chi connectivity index (χ0n) is 19.0. The molecule has 0 aliphatic carbocycles. The lowest BCUT2D eigenvalue weighted by Crippen LogP contribution is -2.36. The first kappa shape index (κ1) is 21.0. The number of hydrogen-bond donors (Lipinski definition) is 0. The van der Waals surface area contributed by atoms with Gasteiger partial charge in [-0.05, 0) is 49.4 Å². The Kier molecular flexibility index (Phi) is 6.08. The van der Waals surface area contributed by atoms with E-state index in [0.29, 0.717) is 0 Å². The maximum absolute atomic E-state index is 13.7. The highest BCUT2D eigenvalue weighted by atomic mass is 16.2. The Bertz CT molecular complexity index is 1110. The van der Waals surface area contributed by atoms with Crippen LogP contribution in [0.1, 0.15) is 40.7 Å². The summed E-state index contributed by atoms with van der Waals surface area (Å²) in [6.45, 7) is 8.58. The number of amides is 1. The van der Waals surface area contributed by atoms with Gasteiger partial charge in [-0.1, -0.05) is 42.5 Å². The minimum atomic E-state index is 0.128. The zero-order chi connectivity index (χ0) is 21.9. The van der Waals surface area contributed by atoms with Crippen molar-refractivity contribution >= 4 is 22.6 Å². The van der Waals surface area contributed by atoms with Crippen LogP contribution >= 0.6 is 0 Å². The Morgan fingerprint density at radius 2 is 1.66 bits per heavy atom. The molecule has 1 aromatic heterocycles. The van der Waals surface area contributed by atoms with Crippen LogP contribution in [0.4, 0.5) is 5.82 Å². The Balaban J connectivity index is 1.37. The molecule has 32 heavy (non-hydrogen) atoms. The fourth-order valence-electron chi connectivity index (χ4n) is 4.96. The van der Waals surface area contributed by atoms with Gasteiger partial charge in [0, 0.05) is 51.2 Å². The first-order valence-electron chi connectivity index (χ1n) is 11.9. The molecular weight excluding hydrogens is 396 g/mol. The van der Waals surface area contributed by atoms with Gasteiger partial charge in [-0.2, -0.15) is 0 Å². The van der Waals surface area contributed by atoms with Crippen molar-refractivity contribution in [2.45, 2.75) is 32.7 Å². The molecule has 0 bridgehead atoms. The molecule has 5 heteroatoms. The third-order valence-electron chi connectivity index (χ3n) is 6.87. The van der Waals surface area contributed by atoms with Gasteiger partial charge in [-0.25, -0.2) is 4.98 Å². The Hall–Kier alpha value is -2.92. The van der Waals surface area contributed by atoms with Crippen LogP contribution in [-0.2, 0) is 6.54 Å². The lowest BCUT2D eigenvalue weighted by molar-refractivity contribution is 0.0761. The minimum absolute atomic E-state index is 0.128. The van der Waals surface area contributed by atoms with E-state index in [2.05, 4.69) is 53.1 Å². The molecule has 5 rings (SSSR count). The normalized spacial score (nSPS) is 17.7. The van der Waals surface area contributed by atoms with Crippen molar-refractivity contribution in [1.29, 1.82) is 0 Å². The molecule has 3 heterocycles. The maximum Gasteiger partial charge on any atom is 0.257 e. The standard InChI is InChI=1S/C27H32N4O/c1-21-9-2-3-11-23(21)20-29-13-8-16-31(18-17-29)27(32)24-19-22-10-4-5-12-25(22)28-26(24)30-14-6-7-15-30/h2-5,9-12,19H,6-8,13-18,20H2,1H3. The molecule has 0 spiro atoms.